The number of nitrogens with zero attached hydrogens (tertiary/aromatic N) is 1. The van der Waals surface area contributed by atoms with Crippen LogP contribution in [0.1, 0.15) is 31.7 Å². The summed E-state index contributed by atoms with van der Waals surface area (Å²) in [6, 6.07) is 10.3. The van der Waals surface area contributed by atoms with Gasteiger partial charge in [0.15, 0.2) is 0 Å². The first-order chi connectivity index (χ1) is 8.70. The van der Waals surface area contributed by atoms with Gasteiger partial charge in [0.2, 0.25) is 0 Å². The summed E-state index contributed by atoms with van der Waals surface area (Å²) in [7, 11) is 0. The topological polar surface area (TPSA) is 33.0 Å². The second-order valence-corrected chi connectivity index (χ2v) is 4.75. The number of ether oxygens (including phenoxy) is 1. The summed E-state index contributed by atoms with van der Waals surface area (Å²) in [5.74, 6) is 1.39. The lowest BCUT2D eigenvalue weighted by Crippen LogP contribution is -2.01. The van der Waals surface area contributed by atoms with E-state index < -0.39 is 0 Å². The fraction of sp³-hybridized carbons (Fsp3) is 0.312. The third kappa shape index (κ3) is 2.81. The van der Waals surface area contributed by atoms with Crippen molar-refractivity contribution in [1.82, 2.24) is 0 Å². The van der Waals surface area contributed by atoms with Crippen molar-refractivity contribution in [3.63, 3.8) is 0 Å². The molecule has 92 valence electrons. The molecule has 0 aromatic heterocycles. The molecule has 1 aliphatic rings. The van der Waals surface area contributed by atoms with E-state index in [1.54, 1.807) is 0 Å². The Morgan fingerprint density at radius 1 is 1.28 bits per heavy atom. The second kappa shape index (κ2) is 5.55. The fourth-order valence-electron chi connectivity index (χ4n) is 1.92. The largest absolute Gasteiger partial charge is 0.489 e. The molecule has 1 aromatic carbocycles. The minimum absolute atomic E-state index is 0.497. The van der Waals surface area contributed by atoms with Gasteiger partial charge in [0.05, 0.1) is 11.6 Å². The van der Waals surface area contributed by atoms with Gasteiger partial charge in [-0.3, -0.25) is 0 Å². The minimum Gasteiger partial charge on any atom is -0.489 e. The van der Waals surface area contributed by atoms with Gasteiger partial charge >= 0.3 is 0 Å². The smallest absolute Gasteiger partial charge is 0.119 e. The van der Waals surface area contributed by atoms with Crippen molar-refractivity contribution in [3.05, 3.63) is 53.1 Å². The molecular formula is C16H17NO. The monoisotopic (exact) mass is 239 g/mol. The van der Waals surface area contributed by atoms with Crippen LogP contribution in [0.5, 0.6) is 5.75 Å². The SMILES string of the molecule is CC(C)c1ccc(OCC2=C(C#N)C=CC2)cc1. The van der Waals surface area contributed by atoms with E-state index in [1.807, 2.05) is 24.3 Å². The molecule has 0 spiro atoms. The van der Waals surface area contributed by atoms with Crippen molar-refractivity contribution in [3.8, 4) is 11.8 Å². The average molecular weight is 239 g/mol. The highest BCUT2D eigenvalue weighted by Gasteiger charge is 2.09. The molecule has 0 amide bonds. The Balaban J connectivity index is 1.97. The van der Waals surface area contributed by atoms with Gasteiger partial charge in [-0.05, 0) is 41.7 Å². The Kier molecular flexibility index (Phi) is 3.84. The van der Waals surface area contributed by atoms with Crippen LogP contribution in [0, 0.1) is 11.3 Å². The Morgan fingerprint density at radius 3 is 2.61 bits per heavy atom. The first kappa shape index (κ1) is 12.4. The van der Waals surface area contributed by atoms with E-state index in [9.17, 15) is 0 Å². The van der Waals surface area contributed by atoms with E-state index in [2.05, 4.69) is 32.0 Å². The molecule has 18 heavy (non-hydrogen) atoms. The summed E-state index contributed by atoms with van der Waals surface area (Å²) in [5.41, 5.74) is 3.11. The number of rotatable bonds is 4. The van der Waals surface area contributed by atoms with E-state index in [1.165, 1.54) is 5.56 Å². The van der Waals surface area contributed by atoms with E-state index in [0.717, 1.165) is 23.3 Å². The third-order valence-electron chi connectivity index (χ3n) is 3.11. The molecule has 0 saturated heterocycles. The number of hydrogen-bond acceptors (Lipinski definition) is 2. The molecule has 1 aliphatic carbocycles. The summed E-state index contributed by atoms with van der Waals surface area (Å²) in [6.07, 6.45) is 4.69. The quantitative estimate of drug-likeness (QED) is 0.796. The van der Waals surface area contributed by atoms with Crippen LogP contribution in [-0.4, -0.2) is 6.61 Å². The van der Waals surface area contributed by atoms with E-state index >= 15 is 0 Å². The molecule has 0 heterocycles. The maximum absolute atomic E-state index is 8.92. The lowest BCUT2D eigenvalue weighted by atomic mass is 10.0. The summed E-state index contributed by atoms with van der Waals surface area (Å²) < 4.78 is 5.71. The molecule has 0 unspecified atom stereocenters. The molecule has 0 atom stereocenters. The van der Waals surface area contributed by atoms with Crippen LogP contribution in [-0.2, 0) is 0 Å². The van der Waals surface area contributed by atoms with Crippen LogP contribution >= 0.6 is 0 Å². The molecule has 0 aliphatic heterocycles. The summed E-state index contributed by atoms with van der Waals surface area (Å²) in [6.45, 7) is 4.84. The highest BCUT2D eigenvalue weighted by atomic mass is 16.5. The lowest BCUT2D eigenvalue weighted by molar-refractivity contribution is 0.349. The van der Waals surface area contributed by atoms with Gasteiger partial charge < -0.3 is 4.74 Å². The van der Waals surface area contributed by atoms with Gasteiger partial charge in [0.25, 0.3) is 0 Å². The van der Waals surface area contributed by atoms with Crippen LogP contribution < -0.4 is 4.74 Å². The van der Waals surface area contributed by atoms with Crippen molar-refractivity contribution < 1.29 is 4.74 Å². The standard InChI is InChI=1S/C16H17NO/c1-12(2)13-6-8-16(9-7-13)18-11-15-5-3-4-14(15)10-17/h3-4,6-9,12H,5,11H2,1-2H3. The molecule has 0 saturated carbocycles. The average Bonchev–Trinajstić information content (AvgIpc) is 2.84. The van der Waals surface area contributed by atoms with Gasteiger partial charge in [-0.25, -0.2) is 0 Å². The van der Waals surface area contributed by atoms with E-state index in [-0.39, 0.29) is 0 Å². The molecular weight excluding hydrogens is 222 g/mol. The van der Waals surface area contributed by atoms with Gasteiger partial charge in [0.1, 0.15) is 12.4 Å². The summed E-state index contributed by atoms with van der Waals surface area (Å²) in [5, 5.41) is 8.92. The molecule has 1 aromatic rings. The van der Waals surface area contributed by atoms with Gasteiger partial charge in [-0.15, -0.1) is 0 Å². The predicted octanol–water partition coefficient (Wildman–Crippen LogP) is 3.97. The Hall–Kier alpha value is -2.01. The Labute approximate surface area is 108 Å². The van der Waals surface area contributed by atoms with E-state index in [0.29, 0.717) is 12.5 Å². The number of hydrogen-bond donors (Lipinski definition) is 0. The lowest BCUT2D eigenvalue weighted by Gasteiger charge is -2.09. The zero-order valence-electron chi connectivity index (χ0n) is 10.8. The van der Waals surface area contributed by atoms with Crippen molar-refractivity contribution in [1.29, 1.82) is 5.26 Å². The Bertz CT molecular complexity index is 515. The second-order valence-electron chi connectivity index (χ2n) is 4.75. The fourth-order valence-corrected chi connectivity index (χ4v) is 1.92. The molecule has 2 rings (SSSR count). The molecule has 0 fully saturated rings. The maximum atomic E-state index is 8.92. The highest BCUT2D eigenvalue weighted by Crippen LogP contribution is 2.22. The predicted molar refractivity (Wildman–Crippen MR) is 72.4 cm³/mol. The van der Waals surface area contributed by atoms with Crippen molar-refractivity contribution in [2.45, 2.75) is 26.2 Å². The van der Waals surface area contributed by atoms with Crippen LogP contribution in [0.15, 0.2) is 47.6 Å². The maximum Gasteiger partial charge on any atom is 0.119 e. The van der Waals surface area contributed by atoms with Crippen LogP contribution in [0.3, 0.4) is 0 Å². The van der Waals surface area contributed by atoms with E-state index in [4.69, 9.17) is 10.00 Å². The first-order valence-electron chi connectivity index (χ1n) is 6.22. The van der Waals surface area contributed by atoms with Crippen molar-refractivity contribution in [2.24, 2.45) is 0 Å². The Morgan fingerprint density at radius 2 is 2.00 bits per heavy atom. The van der Waals surface area contributed by atoms with Crippen LogP contribution in [0.2, 0.25) is 0 Å². The number of nitriles is 1. The summed E-state index contributed by atoms with van der Waals surface area (Å²) in [4.78, 5) is 0. The zero-order chi connectivity index (χ0) is 13.0. The van der Waals surface area contributed by atoms with Gasteiger partial charge in [0, 0.05) is 0 Å². The molecule has 2 nitrogen and oxygen atoms in total. The zero-order valence-corrected chi connectivity index (χ0v) is 10.8. The molecule has 0 N–H and O–H groups in total. The van der Waals surface area contributed by atoms with Crippen molar-refractivity contribution >= 4 is 0 Å². The third-order valence-corrected chi connectivity index (χ3v) is 3.11. The van der Waals surface area contributed by atoms with Crippen molar-refractivity contribution in [2.75, 3.05) is 6.61 Å². The molecule has 0 radical (unpaired) electrons. The van der Waals surface area contributed by atoms with Gasteiger partial charge in [-0.1, -0.05) is 32.1 Å². The number of benzene rings is 1. The first-order valence-corrected chi connectivity index (χ1v) is 6.22. The van der Waals surface area contributed by atoms with Crippen LogP contribution in [0.4, 0.5) is 0 Å². The molecule has 2 heteroatoms. The van der Waals surface area contributed by atoms with Crippen LogP contribution in [0.25, 0.3) is 0 Å². The van der Waals surface area contributed by atoms with Gasteiger partial charge in [-0.2, -0.15) is 5.26 Å². The normalized spacial score (nSPS) is 14.1. The summed E-state index contributed by atoms with van der Waals surface area (Å²) >= 11 is 0. The minimum atomic E-state index is 0.497. The molecule has 0 bridgehead atoms. The highest BCUT2D eigenvalue weighted by molar-refractivity contribution is 5.44. The number of allylic oxidation sites excluding steroid dienone is 3.